The summed E-state index contributed by atoms with van der Waals surface area (Å²) in [5, 5.41) is 0. The molecule has 0 N–H and O–H groups in total. The van der Waals surface area contributed by atoms with Crippen molar-refractivity contribution in [1.82, 2.24) is 0 Å². The lowest BCUT2D eigenvalue weighted by atomic mass is 10.1. The van der Waals surface area contributed by atoms with Crippen molar-refractivity contribution in [2.75, 3.05) is 7.11 Å². The molecule has 92 valence electrons. The summed E-state index contributed by atoms with van der Waals surface area (Å²) in [5.41, 5.74) is 1.67. The molecule has 0 amide bonds. The second-order valence-corrected chi connectivity index (χ2v) is 3.86. The molecule has 2 rings (SSSR count). The molecule has 0 bridgehead atoms. The Bertz CT molecular complexity index is 623. The van der Waals surface area contributed by atoms with Gasteiger partial charge in [-0.2, -0.15) is 0 Å². The summed E-state index contributed by atoms with van der Waals surface area (Å²) in [6.45, 7) is 1.69. The van der Waals surface area contributed by atoms with Crippen LogP contribution in [-0.4, -0.2) is 13.1 Å². The number of aryl methyl sites for hydroxylation is 1. The number of carbonyl (C=O) groups is 1. The second-order valence-electron chi connectivity index (χ2n) is 3.86. The van der Waals surface area contributed by atoms with Gasteiger partial charge in [0.15, 0.2) is 5.43 Å². The van der Waals surface area contributed by atoms with Gasteiger partial charge in [0, 0.05) is 17.2 Å². The number of carbonyl (C=O) groups excluding carboxylic acids is 1. The quantitative estimate of drug-likeness (QED) is 0.761. The Labute approximate surface area is 104 Å². The molecule has 0 atom stereocenters. The number of ether oxygens (including phenoxy) is 1. The third-order valence-corrected chi connectivity index (χ3v) is 2.60. The van der Waals surface area contributed by atoms with Crippen LogP contribution in [0, 0.1) is 6.92 Å². The first kappa shape index (κ1) is 12.1. The van der Waals surface area contributed by atoms with E-state index in [1.807, 2.05) is 0 Å². The van der Waals surface area contributed by atoms with E-state index in [1.165, 1.54) is 19.4 Å². The number of methoxy groups -OCH3 is 1. The van der Waals surface area contributed by atoms with Gasteiger partial charge in [-0.1, -0.05) is 12.1 Å². The van der Waals surface area contributed by atoms with E-state index in [4.69, 9.17) is 4.42 Å². The van der Waals surface area contributed by atoms with Crippen LogP contribution in [0.15, 0.2) is 45.8 Å². The summed E-state index contributed by atoms with van der Waals surface area (Å²) in [5.74, 6) is 0.0777. The molecule has 4 nitrogen and oxygen atoms in total. The number of rotatable bonds is 2. The fourth-order valence-electron chi connectivity index (χ4n) is 1.52. The standard InChI is InChI=1S/C14H12O4/c1-9-8-18-13(7-12(9)15)10-3-5-11(6-4-10)14(16)17-2/h3-8H,1-2H3. The molecule has 1 aromatic heterocycles. The average molecular weight is 244 g/mol. The predicted molar refractivity (Wildman–Crippen MR) is 66.5 cm³/mol. The van der Waals surface area contributed by atoms with Gasteiger partial charge in [-0.15, -0.1) is 0 Å². The lowest BCUT2D eigenvalue weighted by Crippen LogP contribution is -2.03. The van der Waals surface area contributed by atoms with Gasteiger partial charge in [-0.3, -0.25) is 4.79 Å². The van der Waals surface area contributed by atoms with Crippen molar-refractivity contribution in [3.8, 4) is 11.3 Å². The van der Waals surface area contributed by atoms with Gasteiger partial charge < -0.3 is 9.15 Å². The molecule has 0 fully saturated rings. The molecule has 18 heavy (non-hydrogen) atoms. The van der Waals surface area contributed by atoms with Crippen molar-refractivity contribution in [3.05, 3.63) is 57.9 Å². The van der Waals surface area contributed by atoms with E-state index in [0.29, 0.717) is 16.9 Å². The van der Waals surface area contributed by atoms with Crippen LogP contribution < -0.4 is 5.43 Å². The van der Waals surface area contributed by atoms with Gasteiger partial charge >= 0.3 is 5.97 Å². The first-order chi connectivity index (χ1) is 8.61. The van der Waals surface area contributed by atoms with Crippen molar-refractivity contribution in [2.24, 2.45) is 0 Å². The maximum atomic E-state index is 11.5. The first-order valence-corrected chi connectivity index (χ1v) is 5.40. The smallest absolute Gasteiger partial charge is 0.337 e. The minimum absolute atomic E-state index is 0.0757. The second kappa shape index (κ2) is 4.87. The molecule has 0 saturated carbocycles. The van der Waals surface area contributed by atoms with Crippen LogP contribution in [0.3, 0.4) is 0 Å². The van der Waals surface area contributed by atoms with E-state index in [0.717, 1.165) is 5.56 Å². The molecule has 0 radical (unpaired) electrons. The molecular weight excluding hydrogens is 232 g/mol. The van der Waals surface area contributed by atoms with E-state index in [-0.39, 0.29) is 5.43 Å². The molecule has 0 aliphatic heterocycles. The Morgan fingerprint density at radius 3 is 2.44 bits per heavy atom. The van der Waals surface area contributed by atoms with E-state index < -0.39 is 5.97 Å². The number of esters is 1. The molecule has 0 saturated heterocycles. The predicted octanol–water partition coefficient (Wildman–Crippen LogP) is 2.40. The Kier molecular flexibility index (Phi) is 3.28. The monoisotopic (exact) mass is 244 g/mol. The summed E-state index contributed by atoms with van der Waals surface area (Å²) < 4.78 is 9.94. The van der Waals surface area contributed by atoms with Crippen LogP contribution in [-0.2, 0) is 4.74 Å². The van der Waals surface area contributed by atoms with Crippen molar-refractivity contribution in [2.45, 2.75) is 6.92 Å². The van der Waals surface area contributed by atoms with Crippen LogP contribution in [0.1, 0.15) is 15.9 Å². The first-order valence-electron chi connectivity index (χ1n) is 5.40. The Balaban J connectivity index is 2.37. The van der Waals surface area contributed by atoms with Crippen LogP contribution in [0.5, 0.6) is 0 Å². The molecule has 1 aromatic carbocycles. The minimum Gasteiger partial charge on any atom is -0.465 e. The molecule has 2 aromatic rings. The third-order valence-electron chi connectivity index (χ3n) is 2.60. The Morgan fingerprint density at radius 2 is 1.89 bits per heavy atom. The summed E-state index contributed by atoms with van der Waals surface area (Å²) in [7, 11) is 1.33. The van der Waals surface area contributed by atoms with Gasteiger partial charge in [-0.05, 0) is 19.1 Å². The van der Waals surface area contributed by atoms with E-state index in [2.05, 4.69) is 4.74 Å². The van der Waals surface area contributed by atoms with Crippen molar-refractivity contribution >= 4 is 5.97 Å². The topological polar surface area (TPSA) is 56.5 Å². The van der Waals surface area contributed by atoms with Gasteiger partial charge in [0.25, 0.3) is 0 Å². The Hall–Kier alpha value is -2.36. The average Bonchev–Trinajstić information content (AvgIpc) is 2.41. The lowest BCUT2D eigenvalue weighted by molar-refractivity contribution is 0.0601. The van der Waals surface area contributed by atoms with Gasteiger partial charge in [-0.25, -0.2) is 4.79 Å². The van der Waals surface area contributed by atoms with Crippen molar-refractivity contribution < 1.29 is 13.9 Å². The van der Waals surface area contributed by atoms with E-state index in [1.54, 1.807) is 31.2 Å². The molecule has 0 aliphatic carbocycles. The lowest BCUT2D eigenvalue weighted by Gasteiger charge is -2.02. The zero-order valence-electron chi connectivity index (χ0n) is 10.1. The highest BCUT2D eigenvalue weighted by atomic mass is 16.5. The van der Waals surface area contributed by atoms with Gasteiger partial charge in [0.2, 0.25) is 0 Å². The van der Waals surface area contributed by atoms with E-state index in [9.17, 15) is 9.59 Å². The van der Waals surface area contributed by atoms with Gasteiger partial charge in [0.1, 0.15) is 5.76 Å². The maximum absolute atomic E-state index is 11.5. The SMILES string of the molecule is COC(=O)c1ccc(-c2cc(=O)c(C)co2)cc1. The normalized spacial score (nSPS) is 10.1. The largest absolute Gasteiger partial charge is 0.465 e. The van der Waals surface area contributed by atoms with Crippen LogP contribution in [0.4, 0.5) is 0 Å². The zero-order chi connectivity index (χ0) is 13.1. The molecule has 0 unspecified atom stereocenters. The summed E-state index contributed by atoms with van der Waals surface area (Å²) in [6, 6.07) is 8.10. The summed E-state index contributed by atoms with van der Waals surface area (Å²) in [4.78, 5) is 22.8. The highest BCUT2D eigenvalue weighted by Gasteiger charge is 2.07. The highest BCUT2D eigenvalue weighted by Crippen LogP contribution is 2.18. The molecule has 0 spiro atoms. The van der Waals surface area contributed by atoms with Gasteiger partial charge in [0.05, 0.1) is 18.9 Å². The Morgan fingerprint density at radius 1 is 1.22 bits per heavy atom. The van der Waals surface area contributed by atoms with Crippen molar-refractivity contribution in [3.63, 3.8) is 0 Å². The molecule has 4 heteroatoms. The number of hydrogen-bond donors (Lipinski definition) is 0. The summed E-state index contributed by atoms with van der Waals surface area (Å²) in [6.07, 6.45) is 1.42. The fourth-order valence-corrected chi connectivity index (χ4v) is 1.52. The molecule has 0 aliphatic rings. The number of hydrogen-bond acceptors (Lipinski definition) is 4. The van der Waals surface area contributed by atoms with Crippen LogP contribution >= 0.6 is 0 Å². The number of benzene rings is 1. The summed E-state index contributed by atoms with van der Waals surface area (Å²) >= 11 is 0. The van der Waals surface area contributed by atoms with Crippen molar-refractivity contribution in [1.29, 1.82) is 0 Å². The minimum atomic E-state index is -0.396. The van der Waals surface area contributed by atoms with E-state index >= 15 is 0 Å². The fraction of sp³-hybridized carbons (Fsp3) is 0.143. The molecular formula is C14H12O4. The molecule has 1 heterocycles. The zero-order valence-corrected chi connectivity index (χ0v) is 10.1. The third kappa shape index (κ3) is 2.32. The maximum Gasteiger partial charge on any atom is 0.337 e. The highest BCUT2D eigenvalue weighted by molar-refractivity contribution is 5.89. The van der Waals surface area contributed by atoms with Crippen LogP contribution in [0.25, 0.3) is 11.3 Å². The van der Waals surface area contributed by atoms with Crippen LogP contribution in [0.2, 0.25) is 0 Å².